The highest BCUT2D eigenvalue weighted by molar-refractivity contribution is 5.97. The van der Waals surface area contributed by atoms with Gasteiger partial charge in [-0.15, -0.1) is 10.2 Å². The van der Waals surface area contributed by atoms with Crippen LogP contribution in [0.3, 0.4) is 0 Å². The molecule has 0 amide bonds. The summed E-state index contributed by atoms with van der Waals surface area (Å²) in [6, 6.07) is 3.81. The Hall–Kier alpha value is -3.40. The Morgan fingerprint density at radius 3 is 2.45 bits per heavy atom. The van der Waals surface area contributed by atoms with Gasteiger partial charge in [0.15, 0.2) is 11.4 Å². The second-order valence-corrected chi connectivity index (χ2v) is 11.0. The number of ketones is 1. The number of benzene rings is 1. The van der Waals surface area contributed by atoms with Crippen LogP contribution in [0, 0.1) is 19.3 Å². The Kier molecular flexibility index (Phi) is 7.83. The van der Waals surface area contributed by atoms with Gasteiger partial charge in [0.05, 0.1) is 32.1 Å². The molecule has 10 heteroatoms. The summed E-state index contributed by atoms with van der Waals surface area (Å²) in [5.74, 6) is 1.12. The summed E-state index contributed by atoms with van der Waals surface area (Å²) in [4.78, 5) is 15.9. The molecule has 0 spiro atoms. The van der Waals surface area contributed by atoms with Gasteiger partial charge in [0.2, 0.25) is 11.5 Å². The monoisotopic (exact) mass is 524 g/mol. The minimum absolute atomic E-state index is 0.00259. The molecular formula is C28H40N6O4. The number of rotatable bonds is 8. The molecule has 1 aromatic carbocycles. The zero-order chi connectivity index (χ0) is 27.8. The van der Waals surface area contributed by atoms with Gasteiger partial charge in [-0.3, -0.25) is 10.2 Å². The third-order valence-electron chi connectivity index (χ3n) is 7.21. The number of nitrogens with one attached hydrogen (secondary N) is 1. The first-order chi connectivity index (χ1) is 18.0. The van der Waals surface area contributed by atoms with E-state index in [1.54, 1.807) is 7.11 Å². The second kappa shape index (κ2) is 10.8. The number of nitrogens with zero attached hydrogens (tertiary/aromatic N) is 5. The Bertz CT molecular complexity index is 1400. The van der Waals surface area contributed by atoms with Crippen molar-refractivity contribution in [3.8, 4) is 11.6 Å². The van der Waals surface area contributed by atoms with Crippen LogP contribution in [0.4, 0.5) is 5.69 Å². The first-order valence-corrected chi connectivity index (χ1v) is 13.2. The summed E-state index contributed by atoms with van der Waals surface area (Å²) in [6.07, 6.45) is 0.840. The number of aryl methyl sites for hydroxylation is 1. The number of aromatic nitrogens is 4. The molecule has 0 unspecified atom stereocenters. The fourth-order valence-corrected chi connectivity index (χ4v) is 4.54. The van der Waals surface area contributed by atoms with Gasteiger partial charge >= 0.3 is 0 Å². The standard InChI is InChI=1S/C28H40N6O4/c1-9-17(2)38-26-19(4)18(3)25-30-33(27(29)34(25)31-26)16-23(35)20-14-21(28(5,6)7)24(36-8)22(15-20)32-10-12-37-13-11-32/h14-15,17,29H,9-13,16H2,1-8H3/t17-/m1/s1. The van der Waals surface area contributed by atoms with Crippen LogP contribution in [0.2, 0.25) is 0 Å². The molecule has 4 rings (SSSR count). The zero-order valence-corrected chi connectivity index (χ0v) is 23.8. The summed E-state index contributed by atoms with van der Waals surface area (Å²) in [5.41, 5.74) is 4.45. The van der Waals surface area contributed by atoms with Crippen LogP contribution in [0.1, 0.15) is 68.1 Å². The lowest BCUT2D eigenvalue weighted by atomic mass is 9.84. The van der Waals surface area contributed by atoms with Gasteiger partial charge in [-0.05, 0) is 44.7 Å². The van der Waals surface area contributed by atoms with Crippen molar-refractivity contribution in [2.24, 2.45) is 0 Å². The highest BCUT2D eigenvalue weighted by Gasteiger charge is 2.27. The zero-order valence-electron chi connectivity index (χ0n) is 23.8. The van der Waals surface area contributed by atoms with Crippen molar-refractivity contribution < 1.29 is 19.0 Å². The maximum Gasteiger partial charge on any atom is 0.242 e. The van der Waals surface area contributed by atoms with E-state index in [1.165, 1.54) is 9.20 Å². The van der Waals surface area contributed by atoms with Crippen molar-refractivity contribution in [3.63, 3.8) is 0 Å². The summed E-state index contributed by atoms with van der Waals surface area (Å²) in [5, 5.41) is 17.9. The lowest BCUT2D eigenvalue weighted by Gasteiger charge is -2.33. The maximum atomic E-state index is 13.7. The minimum atomic E-state index is -0.246. The van der Waals surface area contributed by atoms with E-state index < -0.39 is 0 Å². The van der Waals surface area contributed by atoms with E-state index in [0.717, 1.165) is 47.6 Å². The molecule has 0 radical (unpaired) electrons. The van der Waals surface area contributed by atoms with E-state index in [9.17, 15) is 4.79 Å². The number of hydrogen-bond donors (Lipinski definition) is 1. The molecule has 206 valence electrons. The number of hydrogen-bond acceptors (Lipinski definition) is 8. The number of fused-ring (bicyclic) bond motifs is 1. The molecule has 10 nitrogen and oxygen atoms in total. The quantitative estimate of drug-likeness (QED) is 0.446. The third kappa shape index (κ3) is 5.27. The average Bonchev–Trinajstić information content (AvgIpc) is 3.20. The van der Waals surface area contributed by atoms with Gasteiger partial charge in [0.25, 0.3) is 0 Å². The van der Waals surface area contributed by atoms with Crippen LogP contribution in [0.5, 0.6) is 11.6 Å². The van der Waals surface area contributed by atoms with E-state index in [2.05, 4.69) is 35.9 Å². The molecule has 3 heterocycles. The highest BCUT2D eigenvalue weighted by Crippen LogP contribution is 2.40. The van der Waals surface area contributed by atoms with Crippen LogP contribution in [-0.4, -0.2) is 64.7 Å². The summed E-state index contributed by atoms with van der Waals surface area (Å²) >= 11 is 0. The highest BCUT2D eigenvalue weighted by atomic mass is 16.5. The van der Waals surface area contributed by atoms with E-state index in [4.69, 9.17) is 19.6 Å². The van der Waals surface area contributed by atoms with Gasteiger partial charge in [0.1, 0.15) is 12.3 Å². The largest absolute Gasteiger partial charge is 0.494 e. The molecule has 1 aliphatic heterocycles. The van der Waals surface area contributed by atoms with Crippen LogP contribution in [0.25, 0.3) is 5.65 Å². The third-order valence-corrected chi connectivity index (χ3v) is 7.21. The summed E-state index contributed by atoms with van der Waals surface area (Å²) in [7, 11) is 1.67. The van der Waals surface area contributed by atoms with Crippen molar-refractivity contribution in [1.29, 1.82) is 5.41 Å². The number of ether oxygens (including phenoxy) is 3. The predicted molar refractivity (Wildman–Crippen MR) is 146 cm³/mol. The van der Waals surface area contributed by atoms with Gasteiger partial charge in [0, 0.05) is 35.3 Å². The number of carbonyl (C=O) groups is 1. The lowest BCUT2D eigenvalue weighted by Crippen LogP contribution is -2.37. The fraction of sp³-hybridized carbons (Fsp3) is 0.571. The molecule has 0 bridgehead atoms. The summed E-state index contributed by atoms with van der Waals surface area (Å²) < 4.78 is 20.3. The predicted octanol–water partition coefficient (Wildman–Crippen LogP) is 3.83. The Balaban J connectivity index is 1.75. The van der Waals surface area contributed by atoms with Crippen LogP contribution >= 0.6 is 0 Å². The average molecular weight is 525 g/mol. The molecule has 0 saturated carbocycles. The molecule has 1 atom stereocenters. The number of Topliss-reactive ketones (excluding diaryl/α,β-unsaturated/α-hetero) is 1. The normalized spacial score (nSPS) is 15.1. The van der Waals surface area contributed by atoms with Crippen molar-refractivity contribution in [2.45, 2.75) is 73.0 Å². The second-order valence-electron chi connectivity index (χ2n) is 11.0. The molecular weight excluding hydrogens is 484 g/mol. The van der Waals surface area contributed by atoms with Crippen molar-refractivity contribution in [3.05, 3.63) is 40.0 Å². The van der Waals surface area contributed by atoms with Crippen molar-refractivity contribution in [1.82, 2.24) is 19.4 Å². The van der Waals surface area contributed by atoms with Gasteiger partial charge in [-0.25, -0.2) is 4.68 Å². The van der Waals surface area contributed by atoms with Gasteiger partial charge in [-0.1, -0.05) is 27.7 Å². The van der Waals surface area contributed by atoms with E-state index in [0.29, 0.717) is 30.3 Å². The SMILES string of the molecule is CC[C@@H](C)Oc1nn2c(=N)n(CC(=O)c3cc(N4CCOCC4)c(OC)c(C(C)(C)C)c3)nc2c(C)c1C. The molecule has 38 heavy (non-hydrogen) atoms. The smallest absolute Gasteiger partial charge is 0.242 e. The Morgan fingerprint density at radius 2 is 1.84 bits per heavy atom. The molecule has 1 saturated heterocycles. The van der Waals surface area contributed by atoms with Crippen LogP contribution in [0.15, 0.2) is 12.1 Å². The Labute approximate surface area is 224 Å². The minimum Gasteiger partial charge on any atom is -0.494 e. The first kappa shape index (κ1) is 27.6. The van der Waals surface area contributed by atoms with Crippen molar-refractivity contribution in [2.75, 3.05) is 38.3 Å². The van der Waals surface area contributed by atoms with Gasteiger partial charge < -0.3 is 19.1 Å². The Morgan fingerprint density at radius 1 is 1.16 bits per heavy atom. The van der Waals surface area contributed by atoms with E-state index >= 15 is 0 Å². The van der Waals surface area contributed by atoms with Crippen LogP contribution in [-0.2, 0) is 16.7 Å². The van der Waals surface area contributed by atoms with Gasteiger partial charge in [-0.2, -0.15) is 4.52 Å². The summed E-state index contributed by atoms with van der Waals surface area (Å²) in [6.45, 7) is 16.8. The fourth-order valence-electron chi connectivity index (χ4n) is 4.54. The molecule has 2 aromatic heterocycles. The van der Waals surface area contributed by atoms with E-state index in [-0.39, 0.29) is 29.5 Å². The number of morpholine rings is 1. The molecule has 1 aliphatic rings. The van der Waals surface area contributed by atoms with Crippen molar-refractivity contribution >= 4 is 17.1 Å². The maximum absolute atomic E-state index is 13.7. The number of anilines is 1. The first-order valence-electron chi connectivity index (χ1n) is 13.2. The van der Waals surface area contributed by atoms with E-state index in [1.807, 2.05) is 39.8 Å². The molecule has 0 aliphatic carbocycles. The topological polar surface area (TPSA) is 107 Å². The molecule has 3 aromatic rings. The molecule has 1 fully saturated rings. The lowest BCUT2D eigenvalue weighted by molar-refractivity contribution is 0.0965. The molecule has 1 N–H and O–H groups in total. The van der Waals surface area contributed by atoms with Crippen LogP contribution < -0.4 is 20.0 Å². The number of methoxy groups -OCH3 is 1. The number of carbonyl (C=O) groups excluding carboxylic acids is 1.